The maximum Gasteiger partial charge on any atom is 0.410 e. The zero-order chi connectivity index (χ0) is 12.6. The van der Waals surface area contributed by atoms with E-state index in [-0.39, 0.29) is 24.2 Å². The number of hydrogen-bond donors (Lipinski definition) is 0. The molecule has 0 aromatic carbocycles. The molecular formula is C12H18N2O3. The van der Waals surface area contributed by atoms with Crippen molar-refractivity contribution < 1.29 is 14.3 Å². The number of ether oxygens (including phenoxy) is 2. The molecule has 3 atom stereocenters. The third kappa shape index (κ3) is 2.70. The Morgan fingerprint density at radius 3 is 2.76 bits per heavy atom. The van der Waals surface area contributed by atoms with Gasteiger partial charge >= 0.3 is 6.09 Å². The summed E-state index contributed by atoms with van der Waals surface area (Å²) < 4.78 is 11.0. The average molecular weight is 238 g/mol. The summed E-state index contributed by atoms with van der Waals surface area (Å²) in [7, 11) is 0. The van der Waals surface area contributed by atoms with Crippen LogP contribution in [0.5, 0.6) is 0 Å². The molecule has 2 aliphatic rings. The maximum atomic E-state index is 11.9. The Morgan fingerprint density at radius 2 is 2.18 bits per heavy atom. The van der Waals surface area contributed by atoms with Crippen LogP contribution in [0.25, 0.3) is 0 Å². The zero-order valence-electron chi connectivity index (χ0n) is 10.5. The quantitative estimate of drug-likeness (QED) is 0.642. The summed E-state index contributed by atoms with van der Waals surface area (Å²) in [6, 6.07) is 2.24. The molecule has 0 spiro atoms. The molecule has 3 unspecified atom stereocenters. The highest BCUT2D eigenvalue weighted by Crippen LogP contribution is 2.31. The highest BCUT2D eigenvalue weighted by molar-refractivity contribution is 5.68. The largest absolute Gasteiger partial charge is 0.444 e. The van der Waals surface area contributed by atoms with Gasteiger partial charge in [-0.15, -0.1) is 0 Å². The molecule has 0 N–H and O–H groups in total. The molecule has 5 heteroatoms. The Hall–Kier alpha value is -1.28. The highest BCUT2D eigenvalue weighted by Gasteiger charge is 2.43. The van der Waals surface area contributed by atoms with Crippen LogP contribution in [0.15, 0.2) is 0 Å². The number of rotatable bonds is 0. The van der Waals surface area contributed by atoms with E-state index in [9.17, 15) is 4.79 Å². The Morgan fingerprint density at radius 1 is 1.47 bits per heavy atom. The van der Waals surface area contributed by atoms with E-state index in [2.05, 4.69) is 6.07 Å². The summed E-state index contributed by atoms with van der Waals surface area (Å²) in [5.74, 6) is -0.0903. The van der Waals surface area contributed by atoms with E-state index in [1.54, 1.807) is 4.90 Å². The first-order valence-corrected chi connectivity index (χ1v) is 5.92. The van der Waals surface area contributed by atoms with Crippen LogP contribution in [0.3, 0.4) is 0 Å². The maximum absolute atomic E-state index is 11.9. The third-order valence-corrected chi connectivity index (χ3v) is 2.97. The van der Waals surface area contributed by atoms with Crippen LogP contribution >= 0.6 is 0 Å². The molecule has 2 saturated heterocycles. The fraction of sp³-hybridized carbons (Fsp3) is 0.833. The van der Waals surface area contributed by atoms with E-state index < -0.39 is 5.60 Å². The molecule has 1 amide bonds. The number of fused-ring (bicyclic) bond motifs is 2. The van der Waals surface area contributed by atoms with Crippen LogP contribution in [0.4, 0.5) is 4.79 Å². The van der Waals surface area contributed by atoms with Crippen molar-refractivity contribution in [3.05, 3.63) is 0 Å². The zero-order valence-corrected chi connectivity index (χ0v) is 10.5. The lowest BCUT2D eigenvalue weighted by atomic mass is 10.0. The Bertz CT molecular complexity index is 356. The van der Waals surface area contributed by atoms with E-state index >= 15 is 0 Å². The van der Waals surface area contributed by atoms with Crippen LogP contribution in [0, 0.1) is 17.2 Å². The standard InChI is InChI=1S/C12H18N2O3/c1-12(2,3)17-11(15)14-6-9-4-8(5-13)10(7-14)16-9/h8-10H,4,6-7H2,1-3H3. The average Bonchev–Trinajstić information content (AvgIpc) is 2.50. The SMILES string of the molecule is CC(C)(C)OC(=O)N1CC2CC(C#N)C(C1)O2. The van der Waals surface area contributed by atoms with Crippen LogP contribution in [-0.2, 0) is 9.47 Å². The van der Waals surface area contributed by atoms with Gasteiger partial charge in [-0.2, -0.15) is 5.26 Å². The minimum absolute atomic E-state index is 0.00841. The van der Waals surface area contributed by atoms with Gasteiger partial charge in [-0.25, -0.2) is 4.79 Å². The molecule has 2 aliphatic heterocycles. The molecule has 2 rings (SSSR count). The molecular weight excluding hydrogens is 220 g/mol. The van der Waals surface area contributed by atoms with Crippen molar-refractivity contribution in [3.8, 4) is 6.07 Å². The fourth-order valence-electron chi connectivity index (χ4n) is 2.27. The summed E-state index contributed by atoms with van der Waals surface area (Å²) in [5.41, 5.74) is -0.483. The van der Waals surface area contributed by atoms with Gasteiger partial charge in [0.25, 0.3) is 0 Å². The number of hydrogen-bond acceptors (Lipinski definition) is 4. The van der Waals surface area contributed by atoms with Crippen LogP contribution in [0.2, 0.25) is 0 Å². The number of carbonyl (C=O) groups is 1. The van der Waals surface area contributed by atoms with E-state index in [1.807, 2.05) is 20.8 Å². The number of nitrogens with zero attached hydrogens (tertiary/aromatic N) is 2. The molecule has 2 bridgehead atoms. The van der Waals surface area contributed by atoms with E-state index in [1.165, 1.54) is 0 Å². The first kappa shape index (κ1) is 12.2. The van der Waals surface area contributed by atoms with Crippen LogP contribution < -0.4 is 0 Å². The number of nitriles is 1. The lowest BCUT2D eigenvalue weighted by Gasteiger charge is -2.33. The normalized spacial score (nSPS) is 32.1. The second kappa shape index (κ2) is 4.19. The van der Waals surface area contributed by atoms with Gasteiger partial charge in [-0.1, -0.05) is 0 Å². The van der Waals surface area contributed by atoms with Crippen LogP contribution in [-0.4, -0.2) is 41.9 Å². The molecule has 17 heavy (non-hydrogen) atoms. The van der Waals surface area contributed by atoms with Crippen molar-refractivity contribution in [1.82, 2.24) is 4.90 Å². The second-order valence-corrected chi connectivity index (χ2v) is 5.65. The van der Waals surface area contributed by atoms with Gasteiger partial charge in [-0.3, -0.25) is 0 Å². The van der Waals surface area contributed by atoms with Crippen molar-refractivity contribution in [2.75, 3.05) is 13.1 Å². The Kier molecular flexibility index (Phi) is 3.00. The van der Waals surface area contributed by atoms with Crippen molar-refractivity contribution in [3.63, 3.8) is 0 Å². The topological polar surface area (TPSA) is 62.6 Å². The molecule has 2 fully saturated rings. The molecule has 94 valence electrons. The summed E-state index contributed by atoms with van der Waals surface area (Å²) in [6.07, 6.45) is 0.257. The lowest BCUT2D eigenvalue weighted by molar-refractivity contribution is -0.0525. The number of likely N-dealkylation sites (tertiary alicyclic amines) is 1. The van der Waals surface area contributed by atoms with Gasteiger partial charge < -0.3 is 14.4 Å². The first-order valence-electron chi connectivity index (χ1n) is 5.92. The van der Waals surface area contributed by atoms with Crippen molar-refractivity contribution in [1.29, 1.82) is 5.26 Å². The van der Waals surface area contributed by atoms with Gasteiger partial charge in [0, 0.05) is 0 Å². The predicted molar refractivity (Wildman–Crippen MR) is 60.2 cm³/mol. The van der Waals surface area contributed by atoms with E-state index in [4.69, 9.17) is 14.7 Å². The first-order chi connectivity index (χ1) is 7.89. The Balaban J connectivity index is 1.97. The Labute approximate surface area is 101 Å². The van der Waals surface area contributed by atoms with E-state index in [0.717, 1.165) is 6.42 Å². The summed E-state index contributed by atoms with van der Waals surface area (Å²) >= 11 is 0. The molecule has 0 aromatic heterocycles. The number of morpholine rings is 1. The van der Waals surface area contributed by atoms with Gasteiger partial charge in [0.05, 0.1) is 37.3 Å². The van der Waals surface area contributed by atoms with Crippen LogP contribution in [0.1, 0.15) is 27.2 Å². The molecule has 5 nitrogen and oxygen atoms in total. The predicted octanol–water partition coefficient (Wildman–Crippen LogP) is 1.53. The third-order valence-electron chi connectivity index (χ3n) is 2.97. The molecule has 0 radical (unpaired) electrons. The summed E-state index contributed by atoms with van der Waals surface area (Å²) in [5, 5.41) is 8.96. The van der Waals surface area contributed by atoms with E-state index in [0.29, 0.717) is 13.1 Å². The molecule has 0 aromatic rings. The number of carbonyl (C=O) groups excluding carboxylic acids is 1. The fourth-order valence-corrected chi connectivity index (χ4v) is 2.27. The minimum Gasteiger partial charge on any atom is -0.444 e. The monoisotopic (exact) mass is 238 g/mol. The highest BCUT2D eigenvalue weighted by atomic mass is 16.6. The summed E-state index contributed by atoms with van der Waals surface area (Å²) in [6.45, 7) is 6.53. The van der Waals surface area contributed by atoms with Gasteiger partial charge in [0.1, 0.15) is 5.60 Å². The minimum atomic E-state index is -0.483. The van der Waals surface area contributed by atoms with Crippen molar-refractivity contribution >= 4 is 6.09 Å². The van der Waals surface area contributed by atoms with Gasteiger partial charge in [-0.05, 0) is 27.2 Å². The smallest absolute Gasteiger partial charge is 0.410 e. The second-order valence-electron chi connectivity index (χ2n) is 5.65. The van der Waals surface area contributed by atoms with Gasteiger partial charge in [0.15, 0.2) is 0 Å². The number of amides is 1. The van der Waals surface area contributed by atoms with Crippen molar-refractivity contribution in [2.45, 2.75) is 45.0 Å². The van der Waals surface area contributed by atoms with Crippen molar-refractivity contribution in [2.24, 2.45) is 5.92 Å². The lowest BCUT2D eigenvalue weighted by Crippen LogP contribution is -2.48. The molecule has 2 heterocycles. The molecule has 0 aliphatic carbocycles. The van der Waals surface area contributed by atoms with Gasteiger partial charge in [0.2, 0.25) is 0 Å². The summed E-state index contributed by atoms with van der Waals surface area (Å²) in [4.78, 5) is 13.5. The molecule has 0 saturated carbocycles.